The predicted octanol–water partition coefficient (Wildman–Crippen LogP) is 4.25. The first-order chi connectivity index (χ1) is 14.8. The zero-order chi connectivity index (χ0) is 23.7. The SMILES string of the molecule is CCOC(=O)CC1=NC(C)(C(F)(F)F)CN1c1ccc(-c2cccc(S(C)(=O)=O)c2)cc1. The summed E-state index contributed by atoms with van der Waals surface area (Å²) in [6, 6.07) is 13.0. The van der Waals surface area contributed by atoms with E-state index in [1.807, 2.05) is 0 Å². The smallest absolute Gasteiger partial charge is 0.415 e. The van der Waals surface area contributed by atoms with Crippen molar-refractivity contribution in [3.8, 4) is 11.1 Å². The summed E-state index contributed by atoms with van der Waals surface area (Å²) in [4.78, 5) is 17.3. The van der Waals surface area contributed by atoms with Gasteiger partial charge >= 0.3 is 12.1 Å². The van der Waals surface area contributed by atoms with Gasteiger partial charge in [-0.2, -0.15) is 13.2 Å². The van der Waals surface area contributed by atoms with Gasteiger partial charge in [0.15, 0.2) is 15.4 Å². The summed E-state index contributed by atoms with van der Waals surface area (Å²) < 4.78 is 69.3. The topological polar surface area (TPSA) is 76.0 Å². The van der Waals surface area contributed by atoms with Crippen molar-refractivity contribution in [2.75, 3.05) is 24.3 Å². The Bertz CT molecular complexity index is 1140. The van der Waals surface area contributed by atoms with Crippen molar-refractivity contribution in [1.29, 1.82) is 0 Å². The number of carbonyl (C=O) groups is 1. The van der Waals surface area contributed by atoms with E-state index in [4.69, 9.17) is 4.74 Å². The number of halogens is 3. The zero-order valence-corrected chi connectivity index (χ0v) is 18.6. The fourth-order valence-corrected chi connectivity index (χ4v) is 4.06. The van der Waals surface area contributed by atoms with Crippen molar-refractivity contribution in [3.63, 3.8) is 0 Å². The first kappa shape index (κ1) is 23.8. The third-order valence-electron chi connectivity index (χ3n) is 5.15. The number of esters is 1. The van der Waals surface area contributed by atoms with E-state index in [0.717, 1.165) is 13.2 Å². The number of benzene rings is 2. The molecule has 0 fully saturated rings. The van der Waals surface area contributed by atoms with Crippen LogP contribution < -0.4 is 4.90 Å². The van der Waals surface area contributed by atoms with Gasteiger partial charge in [0.25, 0.3) is 0 Å². The zero-order valence-electron chi connectivity index (χ0n) is 17.8. The van der Waals surface area contributed by atoms with Crippen LogP contribution >= 0.6 is 0 Å². The maximum Gasteiger partial charge on any atom is 0.415 e. The van der Waals surface area contributed by atoms with E-state index >= 15 is 0 Å². The Labute approximate surface area is 184 Å². The number of carbonyl (C=O) groups excluding carboxylic acids is 1. The average molecular weight is 468 g/mol. The summed E-state index contributed by atoms with van der Waals surface area (Å²) in [5, 5.41) is 0. The van der Waals surface area contributed by atoms with Gasteiger partial charge in [0.05, 0.1) is 18.0 Å². The molecule has 0 saturated heterocycles. The van der Waals surface area contributed by atoms with Crippen molar-refractivity contribution in [3.05, 3.63) is 48.5 Å². The van der Waals surface area contributed by atoms with Gasteiger partial charge in [-0.1, -0.05) is 24.3 Å². The van der Waals surface area contributed by atoms with Crippen LogP contribution in [0, 0.1) is 0 Å². The summed E-state index contributed by atoms with van der Waals surface area (Å²) in [5.74, 6) is -0.674. The molecule has 32 heavy (non-hydrogen) atoms. The normalized spacial score (nSPS) is 19.1. The number of hydrogen-bond acceptors (Lipinski definition) is 6. The third-order valence-corrected chi connectivity index (χ3v) is 6.26. The van der Waals surface area contributed by atoms with Crippen LogP contribution in [0.2, 0.25) is 0 Å². The van der Waals surface area contributed by atoms with Crippen molar-refractivity contribution in [2.45, 2.75) is 36.9 Å². The maximum atomic E-state index is 13.6. The van der Waals surface area contributed by atoms with Crippen LogP contribution in [0.1, 0.15) is 20.3 Å². The number of rotatable bonds is 6. The highest BCUT2D eigenvalue weighted by Crippen LogP contribution is 2.40. The molecule has 1 heterocycles. The molecule has 1 atom stereocenters. The van der Waals surface area contributed by atoms with Gasteiger partial charge < -0.3 is 9.64 Å². The highest BCUT2D eigenvalue weighted by molar-refractivity contribution is 7.90. The van der Waals surface area contributed by atoms with E-state index in [0.29, 0.717) is 16.8 Å². The standard InChI is InChI=1S/C22H23F3N2O4S/c1-4-31-20(28)13-19-26-21(2,22(23,24)25)14-27(19)17-10-8-15(9-11-17)16-6-5-7-18(12-16)32(3,29)30/h5-12H,4,13-14H2,1-3H3. The molecule has 3 rings (SSSR count). The van der Waals surface area contributed by atoms with Gasteiger partial charge in [-0.25, -0.2) is 8.42 Å². The third kappa shape index (κ3) is 4.95. The van der Waals surface area contributed by atoms with Gasteiger partial charge in [-0.3, -0.25) is 9.79 Å². The van der Waals surface area contributed by atoms with Gasteiger partial charge in [-0.05, 0) is 49.2 Å². The molecule has 0 radical (unpaired) electrons. The lowest BCUT2D eigenvalue weighted by atomic mass is 10.0. The lowest BCUT2D eigenvalue weighted by Gasteiger charge is -2.27. The number of aliphatic imine (C=N–C) groups is 1. The first-order valence-electron chi connectivity index (χ1n) is 9.83. The Morgan fingerprint density at radius 3 is 2.38 bits per heavy atom. The van der Waals surface area contributed by atoms with Crippen LogP contribution in [0.25, 0.3) is 11.1 Å². The van der Waals surface area contributed by atoms with Crippen LogP contribution in [0.3, 0.4) is 0 Å². The van der Waals surface area contributed by atoms with Crippen LogP contribution in [0.15, 0.2) is 58.4 Å². The molecule has 10 heteroatoms. The van der Waals surface area contributed by atoms with Gasteiger partial charge in [0.1, 0.15) is 12.3 Å². The minimum absolute atomic E-state index is 0.0184. The van der Waals surface area contributed by atoms with E-state index in [-0.39, 0.29) is 23.8 Å². The van der Waals surface area contributed by atoms with Crippen molar-refractivity contribution in [2.24, 2.45) is 4.99 Å². The Balaban J connectivity index is 1.93. The van der Waals surface area contributed by atoms with E-state index < -0.39 is 34.1 Å². The number of alkyl halides is 3. The number of sulfone groups is 1. The molecule has 0 N–H and O–H groups in total. The minimum Gasteiger partial charge on any atom is -0.466 e. The molecule has 1 aliphatic heterocycles. The number of ether oxygens (including phenoxy) is 1. The van der Waals surface area contributed by atoms with Crippen LogP contribution in [0.5, 0.6) is 0 Å². The number of anilines is 1. The van der Waals surface area contributed by atoms with E-state index in [1.165, 1.54) is 17.0 Å². The highest BCUT2D eigenvalue weighted by Gasteiger charge is 2.56. The van der Waals surface area contributed by atoms with Gasteiger partial charge in [0.2, 0.25) is 0 Å². The molecular formula is C22H23F3N2O4S. The van der Waals surface area contributed by atoms with Crippen molar-refractivity contribution < 1.29 is 31.1 Å². The molecule has 172 valence electrons. The summed E-state index contributed by atoms with van der Waals surface area (Å²) in [5.41, 5.74) is -0.566. The van der Waals surface area contributed by atoms with E-state index in [2.05, 4.69) is 4.99 Å². The molecule has 0 bridgehead atoms. The number of hydrogen-bond donors (Lipinski definition) is 0. The lowest BCUT2D eigenvalue weighted by Crippen LogP contribution is -2.45. The average Bonchev–Trinajstić information content (AvgIpc) is 3.05. The fourth-order valence-electron chi connectivity index (χ4n) is 3.39. The largest absolute Gasteiger partial charge is 0.466 e. The quantitative estimate of drug-likeness (QED) is 0.593. The summed E-state index contributed by atoms with van der Waals surface area (Å²) in [6.07, 6.45) is -3.85. The Hall–Kier alpha value is -2.88. The van der Waals surface area contributed by atoms with E-state index in [1.54, 1.807) is 43.3 Å². The lowest BCUT2D eigenvalue weighted by molar-refractivity contribution is -0.174. The Kier molecular flexibility index (Phi) is 6.37. The fraction of sp³-hybridized carbons (Fsp3) is 0.364. The highest BCUT2D eigenvalue weighted by atomic mass is 32.2. The minimum atomic E-state index is -4.59. The van der Waals surface area contributed by atoms with Crippen molar-refractivity contribution in [1.82, 2.24) is 0 Å². The predicted molar refractivity (Wildman–Crippen MR) is 115 cm³/mol. The first-order valence-corrected chi connectivity index (χ1v) is 11.7. The maximum absolute atomic E-state index is 13.6. The summed E-state index contributed by atoms with van der Waals surface area (Å²) in [6.45, 7) is 2.25. The Morgan fingerprint density at radius 1 is 1.16 bits per heavy atom. The molecular weight excluding hydrogens is 445 g/mol. The molecule has 1 aliphatic rings. The summed E-state index contributed by atoms with van der Waals surface area (Å²) >= 11 is 0. The van der Waals surface area contributed by atoms with Crippen LogP contribution in [-0.2, 0) is 19.4 Å². The van der Waals surface area contributed by atoms with Gasteiger partial charge in [0, 0.05) is 11.9 Å². The molecule has 1 unspecified atom stereocenters. The molecule has 0 aliphatic carbocycles. The van der Waals surface area contributed by atoms with Crippen molar-refractivity contribution >= 4 is 27.3 Å². The summed E-state index contributed by atoms with van der Waals surface area (Å²) in [7, 11) is -3.38. The van der Waals surface area contributed by atoms with E-state index in [9.17, 15) is 26.4 Å². The van der Waals surface area contributed by atoms with Gasteiger partial charge in [-0.15, -0.1) is 0 Å². The second kappa shape index (κ2) is 8.57. The molecule has 0 spiro atoms. The second-order valence-corrected chi connectivity index (χ2v) is 9.73. The monoisotopic (exact) mass is 468 g/mol. The number of nitrogens with zero attached hydrogens (tertiary/aromatic N) is 2. The molecule has 0 saturated carbocycles. The second-order valence-electron chi connectivity index (χ2n) is 7.71. The number of amidine groups is 1. The Morgan fingerprint density at radius 2 is 1.81 bits per heavy atom. The molecule has 0 aromatic heterocycles. The molecule has 2 aromatic rings. The van der Waals surface area contributed by atoms with Crippen LogP contribution in [0.4, 0.5) is 18.9 Å². The molecule has 2 aromatic carbocycles. The molecule has 6 nitrogen and oxygen atoms in total. The van der Waals surface area contributed by atoms with Crippen LogP contribution in [-0.4, -0.2) is 51.3 Å². The molecule has 0 amide bonds.